The van der Waals surface area contributed by atoms with Crippen LogP contribution in [0.3, 0.4) is 0 Å². The molecule has 11 rings (SSSR count). The summed E-state index contributed by atoms with van der Waals surface area (Å²) in [4.78, 5) is 10.7. The Morgan fingerprint density at radius 2 is 0.603 bits per heavy atom. The van der Waals surface area contributed by atoms with Crippen molar-refractivity contribution in [2.24, 2.45) is 0 Å². The van der Waals surface area contributed by atoms with E-state index >= 15 is 0 Å². The predicted molar refractivity (Wildman–Crippen MR) is 245 cm³/mol. The summed E-state index contributed by atoms with van der Waals surface area (Å²) in [6.45, 7) is 0. The lowest BCUT2D eigenvalue weighted by Crippen LogP contribution is -1.97. The molecule has 0 bridgehead atoms. The highest BCUT2D eigenvalue weighted by Crippen LogP contribution is 2.39. The van der Waals surface area contributed by atoms with Crippen LogP contribution in [-0.2, 0) is 0 Å². The molecule has 0 saturated heterocycles. The van der Waals surface area contributed by atoms with E-state index in [0.29, 0.717) is 5.82 Å². The molecule has 0 fully saturated rings. The number of aromatic nitrogens is 2. The van der Waals surface area contributed by atoms with Crippen LogP contribution in [-0.4, -0.2) is 9.97 Å². The highest BCUT2D eigenvalue weighted by atomic mass is 14.9. The molecule has 1 heterocycles. The molecule has 0 atom stereocenters. The number of benzene rings is 10. The molecular formula is C56H36N2. The van der Waals surface area contributed by atoms with Gasteiger partial charge in [0.05, 0.1) is 11.4 Å². The molecule has 0 N–H and O–H groups in total. The van der Waals surface area contributed by atoms with E-state index in [2.05, 4.69) is 218 Å². The third-order valence-corrected chi connectivity index (χ3v) is 11.4. The Labute approximate surface area is 337 Å². The van der Waals surface area contributed by atoms with Gasteiger partial charge in [-0.1, -0.05) is 182 Å². The molecule has 2 nitrogen and oxygen atoms in total. The lowest BCUT2D eigenvalue weighted by atomic mass is 9.92. The summed E-state index contributed by atoms with van der Waals surface area (Å²) in [7, 11) is 0. The van der Waals surface area contributed by atoms with Gasteiger partial charge in [-0.15, -0.1) is 0 Å². The maximum absolute atomic E-state index is 5.33. The van der Waals surface area contributed by atoms with Gasteiger partial charge in [-0.3, -0.25) is 0 Å². The van der Waals surface area contributed by atoms with Crippen LogP contribution in [0.4, 0.5) is 0 Å². The van der Waals surface area contributed by atoms with Crippen LogP contribution >= 0.6 is 0 Å². The minimum absolute atomic E-state index is 0.688. The van der Waals surface area contributed by atoms with Gasteiger partial charge in [0.25, 0.3) is 0 Å². The minimum atomic E-state index is 0.688. The summed E-state index contributed by atoms with van der Waals surface area (Å²) in [5, 5.41) is 9.96. The van der Waals surface area contributed by atoms with Crippen molar-refractivity contribution in [2.75, 3.05) is 0 Å². The lowest BCUT2D eigenvalue weighted by molar-refractivity contribution is 1.18. The summed E-state index contributed by atoms with van der Waals surface area (Å²) in [6, 6.07) is 78.2. The molecule has 0 radical (unpaired) electrons. The van der Waals surface area contributed by atoms with Gasteiger partial charge in [-0.25, -0.2) is 9.97 Å². The number of fused-ring (bicyclic) bond motifs is 6. The second kappa shape index (κ2) is 14.1. The van der Waals surface area contributed by atoms with E-state index in [9.17, 15) is 0 Å². The maximum Gasteiger partial charge on any atom is 0.160 e. The molecule has 2 heteroatoms. The number of nitrogens with zero attached hydrogens (tertiary/aromatic N) is 2. The molecule has 270 valence electrons. The van der Waals surface area contributed by atoms with Crippen LogP contribution in [0.2, 0.25) is 0 Å². The van der Waals surface area contributed by atoms with Gasteiger partial charge >= 0.3 is 0 Å². The Morgan fingerprint density at radius 3 is 1.14 bits per heavy atom. The quantitative estimate of drug-likeness (QED) is 0.159. The zero-order valence-electron chi connectivity index (χ0n) is 31.7. The predicted octanol–water partition coefficient (Wildman–Crippen LogP) is 15.1. The zero-order chi connectivity index (χ0) is 38.4. The van der Waals surface area contributed by atoms with Crippen molar-refractivity contribution in [2.45, 2.75) is 0 Å². The molecule has 0 aliphatic rings. The molecule has 0 unspecified atom stereocenters. The monoisotopic (exact) mass is 736 g/mol. The first kappa shape index (κ1) is 33.6. The number of hydrogen-bond acceptors (Lipinski definition) is 2. The molecule has 0 aliphatic carbocycles. The van der Waals surface area contributed by atoms with Crippen LogP contribution in [0.15, 0.2) is 218 Å². The van der Waals surface area contributed by atoms with Gasteiger partial charge < -0.3 is 0 Å². The fourth-order valence-electron chi connectivity index (χ4n) is 8.62. The molecule has 0 amide bonds. The summed E-state index contributed by atoms with van der Waals surface area (Å²) in [5.41, 5.74) is 11.8. The summed E-state index contributed by atoms with van der Waals surface area (Å²) in [5.74, 6) is 0.688. The average molecular weight is 737 g/mol. The van der Waals surface area contributed by atoms with E-state index in [1.807, 2.05) is 0 Å². The number of rotatable bonds is 6. The van der Waals surface area contributed by atoms with Gasteiger partial charge in [0, 0.05) is 16.7 Å². The SMILES string of the molecule is c1ccc(-c2cccc(-c3nc(-c4cccc(-c5cc6ccccc6c6ccccc56)c4)cc(-c4cccc(-c5cc6ccccc6c6ccccc56)c4)n3)c2)cc1. The van der Waals surface area contributed by atoms with Crippen molar-refractivity contribution >= 4 is 43.1 Å². The van der Waals surface area contributed by atoms with Crippen molar-refractivity contribution in [3.8, 4) is 67.3 Å². The van der Waals surface area contributed by atoms with Crippen LogP contribution < -0.4 is 0 Å². The standard InChI is InChI=1S/C56H36N2/c1-2-15-37(16-3-1)38-19-12-24-45(31-38)56-57-54(43-22-13-20-39(32-43)52-34-41-17-4-6-25-46(41)48-27-8-10-29-50(48)52)36-55(58-56)44-23-14-21-40(33-44)53-35-42-18-5-7-26-47(42)49-28-9-11-30-51(49)53/h1-36H. The van der Waals surface area contributed by atoms with Crippen LogP contribution in [0.5, 0.6) is 0 Å². The van der Waals surface area contributed by atoms with Gasteiger partial charge in [0.2, 0.25) is 0 Å². The topological polar surface area (TPSA) is 25.8 Å². The molecule has 0 aliphatic heterocycles. The Bertz CT molecular complexity index is 3160. The largest absolute Gasteiger partial charge is 0.228 e. The fraction of sp³-hybridized carbons (Fsp3) is 0. The molecule has 11 aromatic rings. The van der Waals surface area contributed by atoms with E-state index in [-0.39, 0.29) is 0 Å². The van der Waals surface area contributed by atoms with Crippen LogP contribution in [0.25, 0.3) is 110 Å². The molecular weight excluding hydrogens is 701 g/mol. The van der Waals surface area contributed by atoms with Gasteiger partial charge in [0.15, 0.2) is 5.82 Å². The molecule has 0 saturated carbocycles. The Balaban J connectivity index is 1.09. The minimum Gasteiger partial charge on any atom is -0.228 e. The van der Waals surface area contributed by atoms with Crippen molar-refractivity contribution < 1.29 is 0 Å². The first-order valence-electron chi connectivity index (χ1n) is 19.8. The molecule has 1 aromatic heterocycles. The average Bonchev–Trinajstić information content (AvgIpc) is 3.31. The van der Waals surface area contributed by atoms with E-state index in [1.54, 1.807) is 0 Å². The summed E-state index contributed by atoms with van der Waals surface area (Å²) < 4.78 is 0. The normalized spacial score (nSPS) is 11.4. The van der Waals surface area contributed by atoms with E-state index in [0.717, 1.165) is 50.3 Å². The van der Waals surface area contributed by atoms with Crippen molar-refractivity contribution in [3.05, 3.63) is 218 Å². The van der Waals surface area contributed by atoms with Crippen molar-refractivity contribution in [1.82, 2.24) is 9.97 Å². The third kappa shape index (κ3) is 6.00. The zero-order valence-corrected chi connectivity index (χ0v) is 31.7. The van der Waals surface area contributed by atoms with Gasteiger partial charge in [0.1, 0.15) is 0 Å². The Morgan fingerprint density at radius 1 is 0.224 bits per heavy atom. The first-order chi connectivity index (χ1) is 28.7. The van der Waals surface area contributed by atoms with Crippen LogP contribution in [0.1, 0.15) is 0 Å². The van der Waals surface area contributed by atoms with E-state index < -0.39 is 0 Å². The second-order valence-electron chi connectivity index (χ2n) is 15.0. The highest BCUT2D eigenvalue weighted by molar-refractivity contribution is 6.15. The van der Waals surface area contributed by atoms with Gasteiger partial charge in [-0.2, -0.15) is 0 Å². The van der Waals surface area contributed by atoms with Crippen molar-refractivity contribution in [3.63, 3.8) is 0 Å². The Kier molecular flexibility index (Phi) is 8.19. The molecule has 0 spiro atoms. The number of hydrogen-bond donors (Lipinski definition) is 0. The first-order valence-corrected chi connectivity index (χ1v) is 19.8. The summed E-state index contributed by atoms with van der Waals surface area (Å²) >= 11 is 0. The van der Waals surface area contributed by atoms with Gasteiger partial charge in [-0.05, 0) is 113 Å². The highest BCUT2D eigenvalue weighted by Gasteiger charge is 2.16. The molecule has 58 heavy (non-hydrogen) atoms. The van der Waals surface area contributed by atoms with Crippen molar-refractivity contribution in [1.29, 1.82) is 0 Å². The van der Waals surface area contributed by atoms with Crippen LogP contribution in [0, 0.1) is 0 Å². The lowest BCUT2D eigenvalue weighted by Gasteiger charge is -2.14. The molecule has 10 aromatic carbocycles. The second-order valence-corrected chi connectivity index (χ2v) is 15.0. The van der Waals surface area contributed by atoms with E-state index in [4.69, 9.17) is 9.97 Å². The van der Waals surface area contributed by atoms with E-state index in [1.165, 1.54) is 54.2 Å². The fourth-order valence-corrected chi connectivity index (χ4v) is 8.62. The smallest absolute Gasteiger partial charge is 0.160 e. The Hall–Kier alpha value is -7.68. The summed E-state index contributed by atoms with van der Waals surface area (Å²) in [6.07, 6.45) is 0. The maximum atomic E-state index is 5.33. The third-order valence-electron chi connectivity index (χ3n) is 11.4.